The van der Waals surface area contributed by atoms with E-state index in [1.165, 1.54) is 17.1 Å². The van der Waals surface area contributed by atoms with Crippen molar-refractivity contribution < 1.29 is 9.31 Å². The van der Waals surface area contributed by atoms with Gasteiger partial charge in [0.1, 0.15) is 11.5 Å². The van der Waals surface area contributed by atoms with Crippen LogP contribution in [-0.2, 0) is 0 Å². The first kappa shape index (κ1) is 12.2. The predicted molar refractivity (Wildman–Crippen MR) is 65.6 cm³/mol. The molecule has 0 aliphatic rings. The Labute approximate surface area is 112 Å². The summed E-state index contributed by atoms with van der Waals surface area (Å²) < 4.78 is 15.3. The van der Waals surface area contributed by atoms with Gasteiger partial charge in [-0.1, -0.05) is 0 Å². The molecule has 0 aliphatic carbocycles. The van der Waals surface area contributed by atoms with Crippen LogP contribution in [0, 0.1) is 15.9 Å². The summed E-state index contributed by atoms with van der Waals surface area (Å²) in [7, 11) is 0. The number of rotatable bonds is 2. The minimum atomic E-state index is -0.588. The average Bonchev–Trinajstić information content (AvgIpc) is 2.68. The molecule has 88 valence electrons. The first-order chi connectivity index (χ1) is 7.99. The van der Waals surface area contributed by atoms with Gasteiger partial charge in [0.15, 0.2) is 0 Å². The molecule has 0 N–H and O–H groups in total. The lowest BCUT2D eigenvalue weighted by Gasteiger charge is -2.04. The molecule has 0 spiro atoms. The van der Waals surface area contributed by atoms with Gasteiger partial charge in [0.05, 0.1) is 20.1 Å². The fourth-order valence-corrected chi connectivity index (χ4v) is 1.90. The van der Waals surface area contributed by atoms with E-state index in [0.717, 1.165) is 12.1 Å². The molecular formula is C9H4Br2FN3O2. The molecule has 0 aliphatic heterocycles. The van der Waals surface area contributed by atoms with Crippen molar-refractivity contribution in [3.05, 3.63) is 49.4 Å². The van der Waals surface area contributed by atoms with Gasteiger partial charge >= 0.3 is 0 Å². The highest BCUT2D eigenvalue weighted by Crippen LogP contribution is 2.29. The number of hydrogen-bond donors (Lipinski definition) is 0. The maximum atomic E-state index is 13.4. The fourth-order valence-electron chi connectivity index (χ4n) is 1.29. The quantitative estimate of drug-likeness (QED) is 0.605. The van der Waals surface area contributed by atoms with E-state index in [0.29, 0.717) is 4.47 Å². The van der Waals surface area contributed by atoms with Crippen LogP contribution < -0.4 is 0 Å². The lowest BCUT2D eigenvalue weighted by molar-refractivity contribution is -0.384. The van der Waals surface area contributed by atoms with Crippen LogP contribution in [0.2, 0.25) is 0 Å². The van der Waals surface area contributed by atoms with Gasteiger partial charge in [-0.3, -0.25) is 10.1 Å². The van der Waals surface area contributed by atoms with Gasteiger partial charge < -0.3 is 0 Å². The molecule has 0 fully saturated rings. The summed E-state index contributed by atoms with van der Waals surface area (Å²) in [4.78, 5) is 10.3. The van der Waals surface area contributed by atoms with Gasteiger partial charge in [0.2, 0.25) is 0 Å². The summed E-state index contributed by atoms with van der Waals surface area (Å²) >= 11 is 6.08. The van der Waals surface area contributed by atoms with Crippen molar-refractivity contribution in [1.29, 1.82) is 0 Å². The zero-order chi connectivity index (χ0) is 12.6. The molecule has 0 unspecified atom stereocenters. The summed E-state index contributed by atoms with van der Waals surface area (Å²) in [5.74, 6) is -0.586. The van der Waals surface area contributed by atoms with Crippen LogP contribution in [0.25, 0.3) is 5.69 Å². The molecule has 0 radical (unpaired) electrons. The Morgan fingerprint density at radius 3 is 2.65 bits per heavy atom. The molecule has 2 aromatic rings. The standard InChI is InChI=1S/C9H4Br2FN3O2/c10-5-3-13-14(4-5)8-2-7(12)6(11)1-9(8)15(16)17/h1-4H. The lowest BCUT2D eigenvalue weighted by Crippen LogP contribution is -2.01. The number of nitrogens with zero attached hydrogens (tertiary/aromatic N) is 3. The molecule has 0 atom stereocenters. The van der Waals surface area contributed by atoms with Crippen molar-refractivity contribution in [2.75, 3.05) is 0 Å². The predicted octanol–water partition coefficient (Wildman–Crippen LogP) is 3.44. The summed E-state index contributed by atoms with van der Waals surface area (Å²) in [6.45, 7) is 0. The first-order valence-electron chi connectivity index (χ1n) is 4.33. The van der Waals surface area contributed by atoms with Gasteiger partial charge in [-0.2, -0.15) is 5.10 Å². The highest BCUT2D eigenvalue weighted by molar-refractivity contribution is 9.10. The number of nitro groups is 1. The van der Waals surface area contributed by atoms with Crippen LogP contribution in [0.5, 0.6) is 0 Å². The highest BCUT2D eigenvalue weighted by atomic mass is 79.9. The van der Waals surface area contributed by atoms with E-state index in [1.807, 2.05) is 0 Å². The van der Waals surface area contributed by atoms with E-state index in [2.05, 4.69) is 37.0 Å². The van der Waals surface area contributed by atoms with Gasteiger partial charge in [0, 0.05) is 18.3 Å². The normalized spacial score (nSPS) is 10.5. The number of aromatic nitrogens is 2. The molecule has 8 heteroatoms. The fraction of sp³-hybridized carbons (Fsp3) is 0. The minimum absolute atomic E-state index is 0.0409. The zero-order valence-corrected chi connectivity index (χ0v) is 11.3. The van der Waals surface area contributed by atoms with Gasteiger partial charge in [-0.15, -0.1) is 0 Å². The Hall–Kier alpha value is -1.28. The summed E-state index contributed by atoms with van der Waals surface area (Å²) in [5, 5.41) is 14.8. The van der Waals surface area contributed by atoms with Crippen LogP contribution in [0.1, 0.15) is 0 Å². The van der Waals surface area contributed by atoms with Crippen molar-refractivity contribution in [1.82, 2.24) is 9.78 Å². The highest BCUT2D eigenvalue weighted by Gasteiger charge is 2.19. The Bertz CT molecular complexity index is 600. The molecule has 0 bridgehead atoms. The van der Waals surface area contributed by atoms with E-state index in [-0.39, 0.29) is 15.8 Å². The second kappa shape index (κ2) is 4.53. The number of halogens is 3. The van der Waals surface area contributed by atoms with Crippen LogP contribution in [0.15, 0.2) is 33.5 Å². The number of benzene rings is 1. The third-order valence-corrected chi connectivity index (χ3v) is 3.03. The van der Waals surface area contributed by atoms with Crippen LogP contribution in [-0.4, -0.2) is 14.7 Å². The summed E-state index contributed by atoms with van der Waals surface area (Å²) in [5.41, 5.74) is -0.157. The Morgan fingerprint density at radius 1 is 1.41 bits per heavy atom. The summed E-state index contributed by atoms with van der Waals surface area (Å²) in [6, 6.07) is 2.17. The summed E-state index contributed by atoms with van der Waals surface area (Å²) in [6.07, 6.45) is 2.97. The maximum Gasteiger partial charge on any atom is 0.296 e. The molecule has 0 saturated carbocycles. The molecule has 0 amide bonds. The SMILES string of the molecule is O=[N+]([O-])c1cc(Br)c(F)cc1-n1cc(Br)cn1. The Balaban J connectivity index is 2.67. The van der Waals surface area contributed by atoms with E-state index in [9.17, 15) is 14.5 Å². The largest absolute Gasteiger partial charge is 0.296 e. The Morgan fingerprint density at radius 2 is 2.12 bits per heavy atom. The van der Waals surface area contributed by atoms with E-state index in [4.69, 9.17) is 0 Å². The van der Waals surface area contributed by atoms with Gasteiger partial charge in [-0.05, 0) is 31.9 Å². The maximum absolute atomic E-state index is 13.4. The van der Waals surface area contributed by atoms with Gasteiger partial charge in [0.25, 0.3) is 5.69 Å². The smallest absolute Gasteiger partial charge is 0.258 e. The molecule has 17 heavy (non-hydrogen) atoms. The van der Waals surface area contributed by atoms with Crippen LogP contribution in [0.4, 0.5) is 10.1 Å². The van der Waals surface area contributed by atoms with Crippen molar-refractivity contribution in [2.45, 2.75) is 0 Å². The molecule has 5 nitrogen and oxygen atoms in total. The average molecular weight is 365 g/mol. The van der Waals surface area contributed by atoms with Crippen LogP contribution >= 0.6 is 31.9 Å². The van der Waals surface area contributed by atoms with Crippen molar-refractivity contribution in [3.8, 4) is 5.69 Å². The first-order valence-corrected chi connectivity index (χ1v) is 5.91. The molecule has 2 rings (SSSR count). The zero-order valence-electron chi connectivity index (χ0n) is 8.10. The van der Waals surface area contributed by atoms with E-state index >= 15 is 0 Å². The van der Waals surface area contributed by atoms with E-state index < -0.39 is 10.7 Å². The molecule has 0 saturated heterocycles. The minimum Gasteiger partial charge on any atom is -0.258 e. The third kappa shape index (κ3) is 2.37. The Kier molecular flexibility index (Phi) is 3.25. The second-order valence-corrected chi connectivity index (χ2v) is 4.89. The number of nitro benzene ring substituents is 1. The van der Waals surface area contributed by atoms with Gasteiger partial charge in [-0.25, -0.2) is 9.07 Å². The number of hydrogen-bond acceptors (Lipinski definition) is 3. The molecule has 1 aromatic heterocycles. The van der Waals surface area contributed by atoms with E-state index in [1.54, 1.807) is 0 Å². The van der Waals surface area contributed by atoms with Crippen LogP contribution in [0.3, 0.4) is 0 Å². The van der Waals surface area contributed by atoms with Crippen molar-refractivity contribution in [2.24, 2.45) is 0 Å². The van der Waals surface area contributed by atoms with Crippen molar-refractivity contribution in [3.63, 3.8) is 0 Å². The van der Waals surface area contributed by atoms with Crippen molar-refractivity contribution >= 4 is 37.5 Å². The molecular weight excluding hydrogens is 361 g/mol. The molecule has 1 heterocycles. The lowest BCUT2D eigenvalue weighted by atomic mass is 10.2. The monoisotopic (exact) mass is 363 g/mol. The topological polar surface area (TPSA) is 61.0 Å². The third-order valence-electron chi connectivity index (χ3n) is 2.01. The molecule has 1 aromatic carbocycles. The second-order valence-electron chi connectivity index (χ2n) is 3.12.